The zero-order chi connectivity index (χ0) is 23.9. The molecule has 2 N–H and O–H groups in total. The van der Waals surface area contributed by atoms with Gasteiger partial charge in [0.05, 0.1) is 35.4 Å². The highest BCUT2D eigenvalue weighted by Crippen LogP contribution is 2.34. The normalized spacial score (nSPS) is 17.1. The Bertz CT molecular complexity index is 1450. The van der Waals surface area contributed by atoms with Crippen molar-refractivity contribution in [2.45, 2.75) is 36.7 Å². The van der Waals surface area contributed by atoms with Gasteiger partial charge in [-0.3, -0.25) is 9.78 Å². The van der Waals surface area contributed by atoms with E-state index in [-0.39, 0.29) is 17.8 Å². The van der Waals surface area contributed by atoms with Gasteiger partial charge in [0.15, 0.2) is 0 Å². The summed E-state index contributed by atoms with van der Waals surface area (Å²) in [5.41, 5.74) is 5.39. The highest BCUT2D eigenvalue weighted by atomic mass is 32.2. The van der Waals surface area contributed by atoms with E-state index in [0.29, 0.717) is 23.5 Å². The van der Waals surface area contributed by atoms with Crippen LogP contribution in [0.5, 0.6) is 5.75 Å². The number of thioether (sulfide) groups is 1. The lowest BCUT2D eigenvalue weighted by Crippen LogP contribution is -2.34. The van der Waals surface area contributed by atoms with Crippen LogP contribution in [0.1, 0.15) is 23.2 Å². The van der Waals surface area contributed by atoms with E-state index in [1.807, 2.05) is 28.9 Å². The monoisotopic (exact) mass is 489 g/mol. The van der Waals surface area contributed by atoms with Gasteiger partial charge >= 0.3 is 0 Å². The average Bonchev–Trinajstić information content (AvgIpc) is 3.30. The molecule has 1 atom stereocenters. The molecule has 1 aliphatic carbocycles. The Balaban J connectivity index is 1.20. The Hall–Kier alpha value is -3.43. The topological polar surface area (TPSA) is 81.1 Å². The molecule has 9 heteroatoms. The molecule has 7 nitrogen and oxygen atoms in total. The lowest BCUT2D eigenvalue weighted by molar-refractivity contribution is -0.113. The minimum absolute atomic E-state index is 0.0507. The molecule has 1 unspecified atom stereocenters. The number of fused-ring (bicyclic) bond motifs is 3. The maximum atomic E-state index is 14.6. The van der Waals surface area contributed by atoms with Crippen LogP contribution < -0.4 is 15.4 Å². The summed E-state index contributed by atoms with van der Waals surface area (Å²) in [7, 11) is 1.65. The number of aromatic nitrogens is 3. The molecule has 1 amide bonds. The van der Waals surface area contributed by atoms with Crippen molar-refractivity contribution >= 4 is 34.3 Å². The molecule has 4 aromatic rings. The molecule has 0 saturated carbocycles. The Morgan fingerprint density at radius 2 is 2.20 bits per heavy atom. The number of hydrogen-bond donors (Lipinski definition) is 2. The number of rotatable bonds is 5. The van der Waals surface area contributed by atoms with Gasteiger partial charge in [0.2, 0.25) is 5.91 Å². The summed E-state index contributed by atoms with van der Waals surface area (Å²) < 4.78 is 22.0. The third kappa shape index (κ3) is 4.26. The number of benzene rings is 2. The Labute approximate surface area is 206 Å². The van der Waals surface area contributed by atoms with Crippen LogP contribution in [0.25, 0.3) is 16.6 Å². The number of nitrogens with zero attached hydrogens (tertiary/aromatic N) is 3. The zero-order valence-electron chi connectivity index (χ0n) is 19.2. The smallest absolute Gasteiger partial charge is 0.234 e. The van der Waals surface area contributed by atoms with Crippen molar-refractivity contribution in [1.29, 1.82) is 0 Å². The van der Waals surface area contributed by atoms with Crippen LogP contribution in [-0.2, 0) is 24.2 Å². The maximum Gasteiger partial charge on any atom is 0.234 e. The molecule has 178 valence electrons. The van der Waals surface area contributed by atoms with Crippen molar-refractivity contribution < 1.29 is 13.9 Å². The molecule has 0 fully saturated rings. The van der Waals surface area contributed by atoms with Crippen LogP contribution in [0.4, 0.5) is 10.1 Å². The van der Waals surface area contributed by atoms with Crippen LogP contribution in [0, 0.1) is 5.82 Å². The van der Waals surface area contributed by atoms with E-state index < -0.39 is 0 Å². The number of carbonyl (C=O) groups excluding carboxylic acids is 1. The summed E-state index contributed by atoms with van der Waals surface area (Å²) in [5, 5.41) is 12.2. The van der Waals surface area contributed by atoms with E-state index in [0.717, 1.165) is 52.2 Å². The van der Waals surface area contributed by atoms with Gasteiger partial charge in [-0.1, -0.05) is 0 Å². The minimum atomic E-state index is -0.246. The number of ether oxygens (including phenoxy) is 1. The van der Waals surface area contributed by atoms with Gasteiger partial charge in [0.1, 0.15) is 11.6 Å². The average molecular weight is 490 g/mol. The van der Waals surface area contributed by atoms with E-state index >= 15 is 0 Å². The van der Waals surface area contributed by atoms with Gasteiger partial charge in [-0.05, 0) is 61.2 Å². The third-order valence-corrected chi connectivity index (χ3v) is 7.66. The molecule has 1 aliphatic heterocycles. The van der Waals surface area contributed by atoms with E-state index in [4.69, 9.17) is 9.84 Å². The van der Waals surface area contributed by atoms with Crippen LogP contribution in [-0.4, -0.2) is 39.6 Å². The van der Waals surface area contributed by atoms with Crippen LogP contribution in [0.15, 0.2) is 53.7 Å². The van der Waals surface area contributed by atoms with E-state index in [2.05, 4.69) is 21.8 Å². The molecule has 2 aromatic heterocycles. The van der Waals surface area contributed by atoms with E-state index in [9.17, 15) is 9.18 Å². The highest BCUT2D eigenvalue weighted by molar-refractivity contribution is 8.00. The fourth-order valence-electron chi connectivity index (χ4n) is 4.78. The molecular formula is C26H24FN5O2S. The Morgan fingerprint density at radius 3 is 3.09 bits per heavy atom. The zero-order valence-corrected chi connectivity index (χ0v) is 20.0. The van der Waals surface area contributed by atoms with E-state index in [1.165, 1.54) is 23.4 Å². The first-order valence-corrected chi connectivity index (χ1v) is 12.5. The van der Waals surface area contributed by atoms with Crippen molar-refractivity contribution in [3.8, 4) is 11.4 Å². The largest absolute Gasteiger partial charge is 0.497 e. The van der Waals surface area contributed by atoms with Crippen molar-refractivity contribution in [3.63, 3.8) is 0 Å². The molecule has 0 radical (unpaired) electrons. The second-order valence-corrected chi connectivity index (χ2v) is 9.87. The van der Waals surface area contributed by atoms with Crippen molar-refractivity contribution in [1.82, 2.24) is 20.1 Å². The maximum absolute atomic E-state index is 14.6. The molecule has 0 bridgehead atoms. The van der Waals surface area contributed by atoms with Crippen LogP contribution in [0.3, 0.4) is 0 Å². The SMILES string of the molecule is COc1ccc2nccc(-n3cc4c(n3)CCC(NCc3cc5c(cc3F)SCC(=O)N5)C4)c2c1. The van der Waals surface area contributed by atoms with Crippen molar-refractivity contribution in [3.05, 3.63) is 71.4 Å². The van der Waals surface area contributed by atoms with Gasteiger partial charge in [-0.15, -0.1) is 11.8 Å². The number of aryl methyl sites for hydroxylation is 1. The standard InChI is InChI=1S/C26H24FN5O2S/c1-34-18-3-5-22-19(10-18)24(6-7-28-22)32-13-16-8-17(2-4-21(16)31-32)29-12-15-9-23-25(11-20(15)27)35-14-26(33)30-23/h3,5-7,9-11,13,17,29H,2,4,8,12,14H2,1H3,(H,30,33). The second-order valence-electron chi connectivity index (χ2n) is 8.86. The van der Waals surface area contributed by atoms with Gasteiger partial charge in [-0.2, -0.15) is 5.10 Å². The van der Waals surface area contributed by atoms with E-state index in [1.54, 1.807) is 19.4 Å². The van der Waals surface area contributed by atoms with Crippen molar-refractivity contribution in [2.24, 2.45) is 0 Å². The van der Waals surface area contributed by atoms with Crippen LogP contribution >= 0.6 is 11.8 Å². The van der Waals surface area contributed by atoms with Crippen molar-refractivity contribution in [2.75, 3.05) is 18.2 Å². The number of halogens is 1. The Kier molecular flexibility index (Phi) is 5.66. The summed E-state index contributed by atoms with van der Waals surface area (Å²) in [4.78, 5) is 16.9. The predicted molar refractivity (Wildman–Crippen MR) is 134 cm³/mol. The molecule has 3 heterocycles. The van der Waals surface area contributed by atoms with Gasteiger partial charge < -0.3 is 15.4 Å². The fraction of sp³-hybridized carbons (Fsp3) is 0.269. The summed E-state index contributed by atoms with van der Waals surface area (Å²) in [6.07, 6.45) is 6.48. The Morgan fingerprint density at radius 1 is 1.29 bits per heavy atom. The number of pyridine rings is 1. The number of hydrogen-bond acceptors (Lipinski definition) is 6. The summed E-state index contributed by atoms with van der Waals surface area (Å²) in [5.74, 6) is 0.806. The predicted octanol–water partition coefficient (Wildman–Crippen LogP) is 4.26. The first-order chi connectivity index (χ1) is 17.1. The molecule has 0 saturated heterocycles. The molecular weight excluding hydrogens is 465 g/mol. The summed E-state index contributed by atoms with van der Waals surface area (Å²) >= 11 is 1.37. The number of anilines is 1. The first kappa shape index (κ1) is 22.1. The molecule has 2 aliphatic rings. The lowest BCUT2D eigenvalue weighted by Gasteiger charge is -2.23. The summed E-state index contributed by atoms with van der Waals surface area (Å²) in [6, 6.07) is 11.3. The molecule has 0 spiro atoms. The molecule has 2 aromatic carbocycles. The molecule has 6 rings (SSSR count). The highest BCUT2D eigenvalue weighted by Gasteiger charge is 2.23. The third-order valence-electron chi connectivity index (χ3n) is 6.61. The number of methoxy groups -OCH3 is 1. The minimum Gasteiger partial charge on any atom is -0.497 e. The fourth-order valence-corrected chi connectivity index (χ4v) is 5.59. The first-order valence-electron chi connectivity index (χ1n) is 11.6. The molecule has 35 heavy (non-hydrogen) atoms. The summed E-state index contributed by atoms with van der Waals surface area (Å²) in [6.45, 7) is 0.405. The quantitative estimate of drug-likeness (QED) is 0.436. The van der Waals surface area contributed by atoms with Gasteiger partial charge in [0.25, 0.3) is 0 Å². The van der Waals surface area contributed by atoms with Gasteiger partial charge in [0, 0.05) is 40.8 Å². The number of carbonyl (C=O) groups is 1. The van der Waals surface area contributed by atoms with Gasteiger partial charge in [-0.25, -0.2) is 9.07 Å². The van der Waals surface area contributed by atoms with Crippen LogP contribution in [0.2, 0.25) is 0 Å². The second kappa shape index (κ2) is 8.98. The lowest BCUT2D eigenvalue weighted by atomic mass is 9.93. The number of nitrogens with one attached hydrogen (secondary N) is 2. The number of amides is 1.